The van der Waals surface area contributed by atoms with E-state index < -0.39 is 22.8 Å². The van der Waals surface area contributed by atoms with Gasteiger partial charge in [0.25, 0.3) is 0 Å². The van der Waals surface area contributed by atoms with Crippen LogP contribution in [0.2, 0.25) is 0 Å². The fraction of sp³-hybridized carbons (Fsp3) is 0.417. The molecule has 2 bridgehead atoms. The molecule has 0 fully saturated rings. The SMILES string of the molecule is CCCC12C=CC(CCC)(C(C(=O)OC)=C1C(=O)OC)c1nc3ccccc3nc12. The van der Waals surface area contributed by atoms with Crippen molar-refractivity contribution in [1.82, 2.24) is 9.97 Å². The van der Waals surface area contributed by atoms with Gasteiger partial charge < -0.3 is 9.47 Å². The molecule has 1 aromatic carbocycles. The molecular formula is C24H26N2O4. The Balaban J connectivity index is 2.17. The maximum atomic E-state index is 13.1. The van der Waals surface area contributed by atoms with Gasteiger partial charge in [-0.25, -0.2) is 19.6 Å². The fourth-order valence-electron chi connectivity index (χ4n) is 5.13. The summed E-state index contributed by atoms with van der Waals surface area (Å²) in [5, 5.41) is 0. The minimum Gasteiger partial charge on any atom is -0.466 e. The van der Waals surface area contributed by atoms with Crippen LogP contribution in [-0.4, -0.2) is 36.1 Å². The average molecular weight is 406 g/mol. The molecule has 0 amide bonds. The van der Waals surface area contributed by atoms with Crippen LogP contribution < -0.4 is 0 Å². The van der Waals surface area contributed by atoms with E-state index in [9.17, 15) is 9.59 Å². The van der Waals surface area contributed by atoms with E-state index in [1.54, 1.807) is 0 Å². The van der Waals surface area contributed by atoms with Crippen molar-refractivity contribution in [1.29, 1.82) is 0 Å². The molecule has 6 heteroatoms. The highest BCUT2D eigenvalue weighted by Crippen LogP contribution is 2.58. The van der Waals surface area contributed by atoms with Crippen molar-refractivity contribution >= 4 is 23.0 Å². The van der Waals surface area contributed by atoms with Gasteiger partial charge in [-0.05, 0) is 25.0 Å². The monoisotopic (exact) mass is 406 g/mol. The fourth-order valence-corrected chi connectivity index (χ4v) is 5.13. The summed E-state index contributed by atoms with van der Waals surface area (Å²) in [4.78, 5) is 36.2. The number of esters is 2. The first-order valence-corrected chi connectivity index (χ1v) is 10.4. The summed E-state index contributed by atoms with van der Waals surface area (Å²) in [7, 11) is 2.69. The molecule has 0 saturated carbocycles. The van der Waals surface area contributed by atoms with E-state index in [0.717, 1.165) is 35.3 Å². The lowest BCUT2D eigenvalue weighted by Gasteiger charge is -2.49. The smallest absolute Gasteiger partial charge is 0.335 e. The van der Waals surface area contributed by atoms with Crippen molar-refractivity contribution in [3.05, 3.63) is 59.0 Å². The van der Waals surface area contributed by atoms with Crippen LogP contribution in [0.25, 0.3) is 11.0 Å². The largest absolute Gasteiger partial charge is 0.466 e. The average Bonchev–Trinajstić information content (AvgIpc) is 2.77. The van der Waals surface area contributed by atoms with Gasteiger partial charge in [0.1, 0.15) is 0 Å². The maximum Gasteiger partial charge on any atom is 0.335 e. The van der Waals surface area contributed by atoms with Gasteiger partial charge >= 0.3 is 11.9 Å². The normalized spacial score (nSPS) is 24.1. The maximum absolute atomic E-state index is 13.1. The quantitative estimate of drug-likeness (QED) is 0.534. The molecule has 5 rings (SSSR count). The van der Waals surface area contributed by atoms with E-state index in [4.69, 9.17) is 19.4 Å². The summed E-state index contributed by atoms with van der Waals surface area (Å²) in [6, 6.07) is 7.68. The van der Waals surface area contributed by atoms with E-state index >= 15 is 0 Å². The van der Waals surface area contributed by atoms with E-state index in [1.807, 2.05) is 50.3 Å². The third kappa shape index (κ3) is 2.56. The highest BCUT2D eigenvalue weighted by Gasteiger charge is 2.59. The van der Waals surface area contributed by atoms with E-state index in [2.05, 4.69) is 0 Å². The van der Waals surface area contributed by atoms with Gasteiger partial charge in [-0.2, -0.15) is 0 Å². The molecule has 2 atom stereocenters. The number of aromatic nitrogens is 2. The number of methoxy groups -OCH3 is 2. The van der Waals surface area contributed by atoms with E-state index in [-0.39, 0.29) is 0 Å². The molecule has 6 nitrogen and oxygen atoms in total. The molecular weight excluding hydrogens is 380 g/mol. The van der Waals surface area contributed by atoms with Crippen molar-refractivity contribution in [2.24, 2.45) is 0 Å². The Kier molecular flexibility index (Phi) is 4.96. The highest BCUT2D eigenvalue weighted by atomic mass is 16.5. The molecule has 2 unspecified atom stereocenters. The molecule has 0 spiro atoms. The van der Waals surface area contributed by atoms with Gasteiger partial charge in [0.2, 0.25) is 0 Å². The number of allylic oxidation sites excluding steroid dienone is 2. The minimum atomic E-state index is -0.868. The van der Waals surface area contributed by atoms with Crippen molar-refractivity contribution in [3.8, 4) is 0 Å². The van der Waals surface area contributed by atoms with Gasteiger partial charge in [-0.3, -0.25) is 0 Å². The number of hydrogen-bond donors (Lipinski definition) is 0. The number of nitrogens with zero attached hydrogens (tertiary/aromatic N) is 2. The lowest BCUT2D eigenvalue weighted by molar-refractivity contribution is -0.140. The van der Waals surface area contributed by atoms with Gasteiger partial charge in [-0.15, -0.1) is 0 Å². The highest BCUT2D eigenvalue weighted by molar-refractivity contribution is 6.07. The summed E-state index contributed by atoms with van der Waals surface area (Å²) < 4.78 is 10.4. The zero-order valence-electron chi connectivity index (χ0n) is 17.8. The van der Waals surface area contributed by atoms with E-state index in [1.165, 1.54) is 14.2 Å². The predicted molar refractivity (Wildman–Crippen MR) is 113 cm³/mol. The second-order valence-electron chi connectivity index (χ2n) is 7.92. The second kappa shape index (κ2) is 7.35. The van der Waals surface area contributed by atoms with Gasteiger partial charge in [0, 0.05) is 0 Å². The van der Waals surface area contributed by atoms with Crippen LogP contribution in [0, 0.1) is 0 Å². The minimum absolute atomic E-state index is 0.340. The van der Waals surface area contributed by atoms with E-state index in [0.29, 0.717) is 24.0 Å². The first-order chi connectivity index (χ1) is 14.5. The van der Waals surface area contributed by atoms with Crippen LogP contribution in [0.4, 0.5) is 0 Å². The summed E-state index contributed by atoms with van der Waals surface area (Å²) in [5.74, 6) is -1.04. The van der Waals surface area contributed by atoms with Gasteiger partial charge in [0.15, 0.2) is 0 Å². The van der Waals surface area contributed by atoms with Crippen molar-refractivity contribution in [2.45, 2.75) is 50.4 Å². The number of carbonyl (C=O) groups is 2. The Morgan fingerprint density at radius 1 is 0.800 bits per heavy atom. The van der Waals surface area contributed by atoms with Crippen LogP contribution in [0.1, 0.15) is 50.9 Å². The zero-order chi connectivity index (χ0) is 21.5. The first-order valence-electron chi connectivity index (χ1n) is 10.4. The summed E-state index contributed by atoms with van der Waals surface area (Å²) >= 11 is 0. The Labute approximate surface area is 176 Å². The summed E-state index contributed by atoms with van der Waals surface area (Å²) in [6.07, 6.45) is 6.86. The van der Waals surface area contributed by atoms with Crippen LogP contribution >= 0.6 is 0 Å². The topological polar surface area (TPSA) is 78.4 Å². The van der Waals surface area contributed by atoms with Crippen molar-refractivity contribution in [3.63, 3.8) is 0 Å². The number of ether oxygens (including phenoxy) is 2. The molecule has 1 aromatic heterocycles. The molecule has 156 valence electrons. The Bertz CT molecular complexity index is 1020. The molecule has 1 heterocycles. The third-order valence-corrected chi connectivity index (χ3v) is 6.28. The Hall–Kier alpha value is -3.02. The Morgan fingerprint density at radius 2 is 1.20 bits per heavy atom. The number of fused-ring (bicyclic) bond motifs is 1. The first kappa shape index (κ1) is 20.3. The molecule has 0 saturated heterocycles. The van der Waals surface area contributed by atoms with Crippen LogP contribution in [0.15, 0.2) is 47.6 Å². The summed E-state index contributed by atoms with van der Waals surface area (Å²) in [6.45, 7) is 4.10. The zero-order valence-corrected chi connectivity index (χ0v) is 17.8. The molecule has 0 aliphatic heterocycles. The van der Waals surface area contributed by atoms with Crippen molar-refractivity contribution < 1.29 is 19.1 Å². The number of hydrogen-bond acceptors (Lipinski definition) is 6. The lowest BCUT2D eigenvalue weighted by Crippen LogP contribution is -2.51. The second-order valence-corrected chi connectivity index (χ2v) is 7.92. The molecule has 2 aromatic rings. The number of para-hydroxylation sites is 2. The molecule has 0 radical (unpaired) electrons. The predicted octanol–water partition coefficient (Wildman–Crippen LogP) is 3.93. The van der Waals surface area contributed by atoms with Gasteiger partial charge in [-0.1, -0.05) is 51.0 Å². The van der Waals surface area contributed by atoms with Gasteiger partial charge in [0.05, 0.1) is 58.6 Å². The standard InChI is InChI=1S/C24H26N2O4/c1-5-11-23-13-14-24(12-6-2,18(22(28)30-4)17(23)21(27)29-3)20-19(23)25-15-9-7-8-10-16(15)26-20/h7-10,13-14H,5-6,11-12H2,1-4H3. The lowest BCUT2D eigenvalue weighted by atomic mass is 9.53. The number of carbonyl (C=O) groups excluding carboxylic acids is 2. The van der Waals surface area contributed by atoms with Crippen LogP contribution in [0.3, 0.4) is 0 Å². The molecule has 0 N–H and O–H groups in total. The van der Waals surface area contributed by atoms with Crippen molar-refractivity contribution in [2.75, 3.05) is 14.2 Å². The van der Waals surface area contributed by atoms with Crippen LogP contribution in [0.5, 0.6) is 0 Å². The molecule has 3 aliphatic rings. The molecule has 30 heavy (non-hydrogen) atoms. The molecule has 3 aliphatic carbocycles. The number of benzene rings is 1. The Morgan fingerprint density at radius 3 is 1.53 bits per heavy atom. The van der Waals surface area contributed by atoms with Crippen LogP contribution in [-0.2, 0) is 29.9 Å². The summed E-state index contributed by atoms with van der Waals surface area (Å²) in [5.41, 5.74) is 1.96. The number of rotatable bonds is 6. The third-order valence-electron chi connectivity index (χ3n) is 6.28.